The van der Waals surface area contributed by atoms with Crippen LogP contribution in [0.5, 0.6) is 0 Å². The van der Waals surface area contributed by atoms with E-state index >= 15 is 0 Å². The lowest BCUT2D eigenvalue weighted by atomic mass is 9.90. The van der Waals surface area contributed by atoms with Crippen molar-refractivity contribution in [2.75, 3.05) is 37.6 Å². The summed E-state index contributed by atoms with van der Waals surface area (Å²) in [5.74, 6) is 2.02. The van der Waals surface area contributed by atoms with Gasteiger partial charge in [-0.25, -0.2) is 4.68 Å². The van der Waals surface area contributed by atoms with Gasteiger partial charge in [0.25, 0.3) is 5.91 Å². The third-order valence-corrected chi connectivity index (χ3v) is 7.60. The standard InChI is InChI=1S/C30H39N5O/c1-24-21-29-34(17-6-18-35(29)32-24)23-27-9-11-28(12-10-27)30(36)31-15-5-16-33-19-13-26(14-20-33)22-25-7-3-2-4-8-25/h2-4,7-12,21,26H,5-6,13-20,22-23H2,1H3,(H,31,36). The molecule has 0 aliphatic carbocycles. The van der Waals surface area contributed by atoms with Gasteiger partial charge in [-0.1, -0.05) is 42.5 Å². The van der Waals surface area contributed by atoms with Crippen LogP contribution in [-0.2, 0) is 19.5 Å². The topological polar surface area (TPSA) is 53.4 Å². The van der Waals surface area contributed by atoms with Crippen LogP contribution >= 0.6 is 0 Å². The van der Waals surface area contributed by atoms with Crippen LogP contribution in [0.4, 0.5) is 5.82 Å². The number of amides is 1. The van der Waals surface area contributed by atoms with Crippen LogP contribution < -0.4 is 10.2 Å². The van der Waals surface area contributed by atoms with Gasteiger partial charge in [0.2, 0.25) is 0 Å². The van der Waals surface area contributed by atoms with E-state index in [-0.39, 0.29) is 5.91 Å². The van der Waals surface area contributed by atoms with Gasteiger partial charge >= 0.3 is 0 Å². The predicted octanol–water partition coefficient (Wildman–Crippen LogP) is 4.68. The summed E-state index contributed by atoms with van der Waals surface area (Å²) in [6, 6.07) is 21.1. The van der Waals surface area contributed by atoms with Gasteiger partial charge in [0.1, 0.15) is 5.82 Å². The molecule has 0 unspecified atom stereocenters. The predicted molar refractivity (Wildman–Crippen MR) is 145 cm³/mol. The summed E-state index contributed by atoms with van der Waals surface area (Å²) in [5, 5.41) is 7.69. The molecule has 1 saturated heterocycles. The molecule has 36 heavy (non-hydrogen) atoms. The van der Waals surface area contributed by atoms with Crippen LogP contribution in [0.25, 0.3) is 0 Å². The van der Waals surface area contributed by atoms with Crippen molar-refractivity contribution >= 4 is 11.7 Å². The van der Waals surface area contributed by atoms with E-state index in [4.69, 9.17) is 0 Å². The molecule has 3 heterocycles. The summed E-state index contributed by atoms with van der Waals surface area (Å²) in [6.45, 7) is 9.05. The molecule has 0 spiro atoms. The highest BCUT2D eigenvalue weighted by atomic mass is 16.1. The first-order valence-corrected chi connectivity index (χ1v) is 13.6. The number of hydrogen-bond acceptors (Lipinski definition) is 4. The first-order chi connectivity index (χ1) is 17.6. The molecule has 1 fully saturated rings. The highest BCUT2D eigenvalue weighted by Gasteiger charge is 2.20. The largest absolute Gasteiger partial charge is 0.352 e. The summed E-state index contributed by atoms with van der Waals surface area (Å²) >= 11 is 0. The lowest BCUT2D eigenvalue weighted by Gasteiger charge is -2.32. The van der Waals surface area contributed by atoms with Crippen molar-refractivity contribution in [3.8, 4) is 0 Å². The van der Waals surface area contributed by atoms with Gasteiger partial charge in [-0.15, -0.1) is 0 Å². The number of carbonyl (C=O) groups is 1. The number of hydrogen-bond donors (Lipinski definition) is 1. The minimum absolute atomic E-state index is 0.0230. The first kappa shape index (κ1) is 24.6. The molecule has 1 N–H and O–H groups in total. The third-order valence-electron chi connectivity index (χ3n) is 7.60. The van der Waals surface area contributed by atoms with Crippen molar-refractivity contribution in [2.45, 2.75) is 52.1 Å². The average Bonchev–Trinajstić information content (AvgIpc) is 3.30. The second kappa shape index (κ2) is 11.7. The Morgan fingerprint density at radius 3 is 2.53 bits per heavy atom. The second-order valence-corrected chi connectivity index (χ2v) is 10.4. The minimum Gasteiger partial charge on any atom is -0.352 e. The summed E-state index contributed by atoms with van der Waals surface area (Å²) in [5.41, 5.74) is 4.48. The molecule has 2 aliphatic heterocycles. The molecule has 0 saturated carbocycles. The first-order valence-electron chi connectivity index (χ1n) is 13.6. The van der Waals surface area contributed by atoms with Gasteiger partial charge in [0.05, 0.1) is 5.69 Å². The average molecular weight is 486 g/mol. The Bertz CT molecular complexity index is 1120. The third kappa shape index (κ3) is 6.35. The Morgan fingerprint density at radius 2 is 1.75 bits per heavy atom. The second-order valence-electron chi connectivity index (χ2n) is 10.4. The van der Waals surface area contributed by atoms with Crippen molar-refractivity contribution in [2.24, 2.45) is 5.92 Å². The molecule has 0 radical (unpaired) electrons. The molecule has 1 aromatic heterocycles. The van der Waals surface area contributed by atoms with Gasteiger partial charge in [-0.2, -0.15) is 5.10 Å². The van der Waals surface area contributed by atoms with Crippen molar-refractivity contribution in [1.29, 1.82) is 0 Å². The fourth-order valence-electron chi connectivity index (χ4n) is 5.59. The number of piperidine rings is 1. The zero-order chi connectivity index (χ0) is 24.7. The van der Waals surface area contributed by atoms with Gasteiger partial charge in [0.15, 0.2) is 0 Å². The van der Waals surface area contributed by atoms with Crippen LogP contribution in [0.1, 0.15) is 52.9 Å². The fraction of sp³-hybridized carbons (Fsp3) is 0.467. The number of nitrogens with one attached hydrogen (secondary N) is 1. The molecule has 3 aromatic rings. The van der Waals surface area contributed by atoms with Crippen LogP contribution in [0.15, 0.2) is 60.7 Å². The lowest BCUT2D eigenvalue weighted by molar-refractivity contribution is 0.0950. The highest BCUT2D eigenvalue weighted by Crippen LogP contribution is 2.24. The number of benzene rings is 2. The zero-order valence-electron chi connectivity index (χ0n) is 21.5. The molecule has 190 valence electrons. The van der Waals surface area contributed by atoms with Gasteiger partial charge in [0, 0.05) is 37.8 Å². The van der Waals surface area contributed by atoms with Crippen molar-refractivity contribution in [3.05, 3.63) is 83.0 Å². The van der Waals surface area contributed by atoms with E-state index < -0.39 is 0 Å². The van der Waals surface area contributed by atoms with Gasteiger partial charge < -0.3 is 15.1 Å². The van der Waals surface area contributed by atoms with E-state index in [0.717, 1.165) is 62.7 Å². The van der Waals surface area contributed by atoms with Crippen LogP contribution in [0, 0.1) is 12.8 Å². The molecule has 0 atom stereocenters. The van der Waals surface area contributed by atoms with Crippen LogP contribution in [0.3, 0.4) is 0 Å². The van der Waals surface area contributed by atoms with E-state index in [1.54, 1.807) is 0 Å². The maximum Gasteiger partial charge on any atom is 0.251 e. The maximum absolute atomic E-state index is 12.6. The Kier molecular flexibility index (Phi) is 8.01. The number of anilines is 1. The van der Waals surface area contributed by atoms with E-state index in [2.05, 4.69) is 73.4 Å². The Morgan fingerprint density at radius 1 is 0.972 bits per heavy atom. The van der Waals surface area contributed by atoms with Crippen LogP contribution in [-0.4, -0.2) is 53.3 Å². The van der Waals surface area contributed by atoms with Gasteiger partial charge in [-0.3, -0.25) is 4.79 Å². The molecular formula is C30H39N5O. The number of aryl methyl sites for hydroxylation is 2. The maximum atomic E-state index is 12.6. The van der Waals surface area contributed by atoms with E-state index in [9.17, 15) is 4.79 Å². The number of rotatable bonds is 9. The number of fused-ring (bicyclic) bond motifs is 1. The Labute approximate surface area is 215 Å². The van der Waals surface area contributed by atoms with Crippen molar-refractivity contribution in [3.63, 3.8) is 0 Å². The lowest BCUT2D eigenvalue weighted by Crippen LogP contribution is -2.36. The molecule has 5 rings (SSSR count). The Balaban J connectivity index is 1.01. The number of carbonyl (C=O) groups excluding carboxylic acids is 1. The fourth-order valence-corrected chi connectivity index (χ4v) is 5.59. The minimum atomic E-state index is 0.0230. The molecule has 2 aromatic carbocycles. The molecule has 2 aliphatic rings. The molecule has 6 nitrogen and oxygen atoms in total. The molecule has 0 bridgehead atoms. The van der Waals surface area contributed by atoms with Crippen molar-refractivity contribution in [1.82, 2.24) is 20.0 Å². The normalized spacial score (nSPS) is 16.6. The zero-order valence-corrected chi connectivity index (χ0v) is 21.5. The van der Waals surface area contributed by atoms with E-state index in [1.807, 2.05) is 19.1 Å². The summed E-state index contributed by atoms with van der Waals surface area (Å²) < 4.78 is 2.10. The quantitative estimate of drug-likeness (QED) is 0.447. The van der Waals surface area contributed by atoms with E-state index in [0.29, 0.717) is 0 Å². The Hall–Kier alpha value is -3.12. The molecule has 6 heteroatoms. The SMILES string of the molecule is Cc1cc2n(n1)CCCN2Cc1ccc(C(=O)NCCCN2CCC(Cc3ccccc3)CC2)cc1. The smallest absolute Gasteiger partial charge is 0.251 e. The summed E-state index contributed by atoms with van der Waals surface area (Å²) in [7, 11) is 0. The monoisotopic (exact) mass is 485 g/mol. The molecular weight excluding hydrogens is 446 g/mol. The summed E-state index contributed by atoms with van der Waals surface area (Å²) in [6.07, 6.45) is 5.85. The van der Waals surface area contributed by atoms with Crippen LogP contribution in [0.2, 0.25) is 0 Å². The number of likely N-dealkylation sites (tertiary alicyclic amines) is 1. The van der Waals surface area contributed by atoms with Gasteiger partial charge in [-0.05, 0) is 87.8 Å². The molecule has 1 amide bonds. The summed E-state index contributed by atoms with van der Waals surface area (Å²) in [4.78, 5) is 17.6. The number of aromatic nitrogens is 2. The van der Waals surface area contributed by atoms with E-state index in [1.165, 1.54) is 49.3 Å². The van der Waals surface area contributed by atoms with Crippen molar-refractivity contribution < 1.29 is 4.79 Å². The highest BCUT2D eigenvalue weighted by molar-refractivity contribution is 5.94. The number of nitrogens with zero attached hydrogens (tertiary/aromatic N) is 4.